The van der Waals surface area contributed by atoms with E-state index < -0.39 is 11.5 Å². The Morgan fingerprint density at radius 3 is 3.00 bits per heavy atom. The number of aliphatic imine (C=N–C) groups is 1. The Labute approximate surface area is 112 Å². The molecule has 3 rings (SSSR count). The van der Waals surface area contributed by atoms with Gasteiger partial charge in [-0.15, -0.1) is 0 Å². The van der Waals surface area contributed by atoms with Crippen LogP contribution in [0.15, 0.2) is 50.8 Å². The van der Waals surface area contributed by atoms with Gasteiger partial charge in [0.05, 0.1) is 17.1 Å². The van der Waals surface area contributed by atoms with E-state index in [1.54, 1.807) is 24.4 Å². The quantitative estimate of drug-likeness (QED) is 0.395. The molecular weight excluding hydrogens is 260 g/mol. The van der Waals surface area contributed by atoms with Crippen molar-refractivity contribution < 1.29 is 14.3 Å². The minimum absolute atomic E-state index is 0.161. The number of aryl methyl sites for hydroxylation is 1. The van der Waals surface area contributed by atoms with Crippen LogP contribution in [0.1, 0.15) is 5.69 Å². The summed E-state index contributed by atoms with van der Waals surface area (Å²) in [7, 11) is 1.50. The Kier molecular flexibility index (Phi) is 2.79. The van der Waals surface area contributed by atoms with Crippen molar-refractivity contribution in [3.05, 3.63) is 52.6 Å². The van der Waals surface area contributed by atoms with Crippen LogP contribution in [0.3, 0.4) is 0 Å². The molecule has 0 bridgehead atoms. The number of aromatic nitrogens is 3. The Morgan fingerprint density at radius 1 is 1.40 bits per heavy atom. The molecular formula is C13H10N4O3. The van der Waals surface area contributed by atoms with E-state index >= 15 is 0 Å². The van der Waals surface area contributed by atoms with Crippen molar-refractivity contribution in [1.29, 1.82) is 0 Å². The van der Waals surface area contributed by atoms with Gasteiger partial charge < -0.3 is 5.11 Å². The molecule has 0 unspecified atom stereocenters. The summed E-state index contributed by atoms with van der Waals surface area (Å²) >= 11 is 0. The minimum atomic E-state index is -0.750. The van der Waals surface area contributed by atoms with E-state index in [0.29, 0.717) is 5.69 Å². The van der Waals surface area contributed by atoms with Crippen LogP contribution in [0, 0.1) is 0 Å². The molecule has 0 spiro atoms. The van der Waals surface area contributed by atoms with Crippen molar-refractivity contribution in [1.82, 2.24) is 10.3 Å². The van der Waals surface area contributed by atoms with Crippen LogP contribution in [0.5, 0.6) is 0 Å². The molecule has 0 amide bonds. The molecule has 2 aromatic heterocycles. The number of H-pyrrole nitrogens is 1. The summed E-state index contributed by atoms with van der Waals surface area (Å²) in [6, 6.07) is 8.84. The molecule has 0 saturated carbocycles. The smallest absolute Gasteiger partial charge is 0.435 e. The average molecular weight is 270 g/mol. The number of hydrogen-bond donors (Lipinski definition) is 1. The lowest BCUT2D eigenvalue weighted by molar-refractivity contribution is -0.742. The maximum Gasteiger partial charge on any atom is 0.435 e. The van der Waals surface area contributed by atoms with Crippen molar-refractivity contribution >= 4 is 22.5 Å². The summed E-state index contributed by atoms with van der Waals surface area (Å²) < 4.78 is 5.72. The van der Waals surface area contributed by atoms with Gasteiger partial charge in [0.15, 0.2) is 7.05 Å². The van der Waals surface area contributed by atoms with Gasteiger partial charge in [-0.25, -0.2) is 4.79 Å². The number of rotatable bonds is 2. The summed E-state index contributed by atoms with van der Waals surface area (Å²) in [5.74, 6) is -0.668. The van der Waals surface area contributed by atoms with E-state index in [2.05, 4.69) is 19.8 Å². The average Bonchev–Trinajstić information content (AvgIpc) is 2.78. The van der Waals surface area contributed by atoms with Crippen molar-refractivity contribution in [3.63, 3.8) is 0 Å². The van der Waals surface area contributed by atoms with Crippen molar-refractivity contribution in [2.45, 2.75) is 0 Å². The maximum absolute atomic E-state index is 12.1. The van der Waals surface area contributed by atoms with E-state index in [1.165, 1.54) is 11.7 Å². The Balaban J connectivity index is 2.18. The predicted octanol–water partition coefficient (Wildman–Crippen LogP) is -0.221. The molecule has 20 heavy (non-hydrogen) atoms. The van der Waals surface area contributed by atoms with Gasteiger partial charge in [-0.05, 0) is 29.5 Å². The lowest BCUT2D eigenvalue weighted by atomic mass is 10.2. The van der Waals surface area contributed by atoms with E-state index in [4.69, 9.17) is 0 Å². The lowest BCUT2D eigenvalue weighted by Gasteiger charge is -2.05. The molecule has 0 fully saturated rings. The topological polar surface area (TPSA) is 98.2 Å². The Morgan fingerprint density at radius 2 is 2.25 bits per heavy atom. The first-order valence-corrected chi connectivity index (χ1v) is 5.84. The number of aromatic amines is 1. The summed E-state index contributed by atoms with van der Waals surface area (Å²) in [6.45, 7) is 0. The van der Waals surface area contributed by atoms with Gasteiger partial charge in [0, 0.05) is 11.6 Å². The molecule has 0 aliphatic rings. The van der Waals surface area contributed by atoms with Gasteiger partial charge in [0.2, 0.25) is 0 Å². The Bertz CT molecular complexity index is 858. The SMILES string of the molecule is C[n+]1[nH]oc(=O)c1C([O-])=Nc1cccc2ncccc12. The first kappa shape index (κ1) is 12.1. The highest BCUT2D eigenvalue weighted by atomic mass is 16.5. The number of hydrogen-bond acceptors (Lipinski definition) is 5. The third-order valence-electron chi connectivity index (χ3n) is 2.85. The van der Waals surface area contributed by atoms with Gasteiger partial charge in [-0.2, -0.15) is 0 Å². The molecule has 100 valence electrons. The molecule has 0 atom stereocenters. The number of nitrogens with zero attached hydrogens (tertiary/aromatic N) is 3. The number of fused-ring (bicyclic) bond motifs is 1. The van der Waals surface area contributed by atoms with E-state index in [1.807, 2.05) is 12.1 Å². The molecule has 7 heteroatoms. The second-order valence-electron chi connectivity index (χ2n) is 4.15. The van der Waals surface area contributed by atoms with Gasteiger partial charge in [0.25, 0.3) is 0 Å². The zero-order valence-corrected chi connectivity index (χ0v) is 10.5. The van der Waals surface area contributed by atoms with Gasteiger partial charge >= 0.3 is 11.3 Å². The number of nitrogens with one attached hydrogen (secondary N) is 1. The molecule has 2 heterocycles. The van der Waals surface area contributed by atoms with E-state index in [0.717, 1.165) is 10.9 Å². The standard InChI is InChI=1S/C13H10N4O3/c1-17-11(13(19)20-16-17)12(18)15-10-6-2-5-9-8(10)4-3-7-14-9/h2-7H,1H3,(H-,14,15,16,18,19). The van der Waals surface area contributed by atoms with Crippen molar-refractivity contribution in [3.8, 4) is 0 Å². The van der Waals surface area contributed by atoms with Crippen LogP contribution in [-0.2, 0) is 7.05 Å². The van der Waals surface area contributed by atoms with Crippen LogP contribution >= 0.6 is 0 Å². The molecule has 1 aromatic carbocycles. The highest BCUT2D eigenvalue weighted by Crippen LogP contribution is 2.24. The largest absolute Gasteiger partial charge is 0.854 e. The molecule has 0 radical (unpaired) electrons. The minimum Gasteiger partial charge on any atom is -0.854 e. The molecule has 0 saturated heterocycles. The zero-order valence-electron chi connectivity index (χ0n) is 10.5. The molecule has 1 N–H and O–H groups in total. The molecule has 3 aromatic rings. The molecule has 7 nitrogen and oxygen atoms in total. The van der Waals surface area contributed by atoms with Crippen LogP contribution in [-0.4, -0.2) is 16.2 Å². The number of pyridine rings is 1. The van der Waals surface area contributed by atoms with Crippen LogP contribution in [0.4, 0.5) is 5.69 Å². The molecule has 0 aliphatic heterocycles. The summed E-state index contributed by atoms with van der Waals surface area (Å²) in [5, 5.41) is 15.1. The Hall–Kier alpha value is -2.96. The monoisotopic (exact) mass is 270 g/mol. The predicted molar refractivity (Wildman–Crippen MR) is 68.4 cm³/mol. The van der Waals surface area contributed by atoms with Crippen LogP contribution < -0.4 is 15.4 Å². The zero-order chi connectivity index (χ0) is 14.1. The normalized spacial score (nSPS) is 11.9. The highest BCUT2D eigenvalue weighted by molar-refractivity contribution is 5.95. The van der Waals surface area contributed by atoms with E-state index in [9.17, 15) is 9.90 Å². The first-order chi connectivity index (χ1) is 9.66. The summed E-state index contributed by atoms with van der Waals surface area (Å²) in [6.07, 6.45) is 1.66. The maximum atomic E-state index is 12.1. The fraction of sp³-hybridized carbons (Fsp3) is 0.0769. The lowest BCUT2D eigenvalue weighted by Crippen LogP contribution is -2.43. The van der Waals surface area contributed by atoms with Crippen molar-refractivity contribution in [2.75, 3.05) is 0 Å². The van der Waals surface area contributed by atoms with Crippen molar-refractivity contribution in [2.24, 2.45) is 12.0 Å². The van der Waals surface area contributed by atoms with Crippen LogP contribution in [0.25, 0.3) is 10.9 Å². The third-order valence-corrected chi connectivity index (χ3v) is 2.85. The fourth-order valence-electron chi connectivity index (χ4n) is 1.92. The molecule has 0 aliphatic carbocycles. The second kappa shape index (κ2) is 4.61. The fourth-order valence-corrected chi connectivity index (χ4v) is 1.92. The third kappa shape index (κ3) is 1.95. The van der Waals surface area contributed by atoms with Gasteiger partial charge in [0.1, 0.15) is 0 Å². The van der Waals surface area contributed by atoms with Crippen LogP contribution in [0.2, 0.25) is 0 Å². The van der Waals surface area contributed by atoms with E-state index in [-0.39, 0.29) is 5.69 Å². The second-order valence-corrected chi connectivity index (χ2v) is 4.15. The van der Waals surface area contributed by atoms with Gasteiger partial charge in [-0.1, -0.05) is 10.7 Å². The first-order valence-electron chi connectivity index (χ1n) is 5.84. The summed E-state index contributed by atoms with van der Waals surface area (Å²) in [5.41, 5.74) is 0.277. The highest BCUT2D eigenvalue weighted by Gasteiger charge is 2.17. The van der Waals surface area contributed by atoms with Gasteiger partial charge in [-0.3, -0.25) is 14.5 Å². The number of benzene rings is 1. The summed E-state index contributed by atoms with van der Waals surface area (Å²) in [4.78, 5) is 19.6.